The minimum Gasteiger partial charge on any atom is -0.384 e. The van der Waals surface area contributed by atoms with Gasteiger partial charge in [0.05, 0.1) is 24.3 Å². The van der Waals surface area contributed by atoms with Crippen molar-refractivity contribution in [2.45, 2.75) is 32.4 Å². The van der Waals surface area contributed by atoms with Crippen LogP contribution < -0.4 is 0 Å². The molecule has 0 aliphatic carbocycles. The summed E-state index contributed by atoms with van der Waals surface area (Å²) in [7, 11) is 0. The zero-order chi connectivity index (χ0) is 15.2. The smallest absolute Gasteiger partial charge is 0.255 e. The predicted molar refractivity (Wildman–Crippen MR) is 80.9 cm³/mol. The Kier molecular flexibility index (Phi) is 5.38. The van der Waals surface area contributed by atoms with Crippen molar-refractivity contribution in [1.82, 2.24) is 4.90 Å². The van der Waals surface area contributed by atoms with Gasteiger partial charge in [0.1, 0.15) is 6.61 Å². The normalized spacial score (nSPS) is 21.6. The highest BCUT2D eigenvalue weighted by molar-refractivity contribution is 5.97. The molecule has 1 fully saturated rings. The summed E-state index contributed by atoms with van der Waals surface area (Å²) in [5.41, 5.74) is 1.25. The molecular weight excluding hydrogens is 266 g/mol. The summed E-state index contributed by atoms with van der Waals surface area (Å²) in [4.78, 5) is 14.7. The van der Waals surface area contributed by atoms with Gasteiger partial charge in [0.15, 0.2) is 0 Å². The van der Waals surface area contributed by atoms with Gasteiger partial charge in [0.2, 0.25) is 0 Å². The number of aliphatic hydroxyl groups excluding tert-OH is 1. The Morgan fingerprint density at radius 1 is 1.48 bits per heavy atom. The SMILES string of the molecule is CCC1COC(C)CN1C(=O)c1ccccc1C#CCO. The van der Waals surface area contributed by atoms with Crippen molar-refractivity contribution in [3.8, 4) is 11.8 Å². The van der Waals surface area contributed by atoms with Crippen molar-refractivity contribution in [1.29, 1.82) is 0 Å². The van der Waals surface area contributed by atoms with Gasteiger partial charge in [-0.25, -0.2) is 0 Å². The first-order chi connectivity index (χ1) is 10.2. The van der Waals surface area contributed by atoms with Crippen molar-refractivity contribution in [3.05, 3.63) is 35.4 Å². The van der Waals surface area contributed by atoms with Gasteiger partial charge in [-0.05, 0) is 25.5 Å². The lowest BCUT2D eigenvalue weighted by molar-refractivity contribution is -0.0444. The van der Waals surface area contributed by atoms with Crippen LogP contribution >= 0.6 is 0 Å². The summed E-state index contributed by atoms with van der Waals surface area (Å²) in [6.45, 7) is 4.99. The Hall–Kier alpha value is -1.83. The predicted octanol–water partition coefficient (Wildman–Crippen LogP) is 1.67. The van der Waals surface area contributed by atoms with E-state index in [0.717, 1.165) is 6.42 Å². The number of carbonyl (C=O) groups is 1. The van der Waals surface area contributed by atoms with Gasteiger partial charge in [-0.1, -0.05) is 30.9 Å². The molecule has 1 aliphatic heterocycles. The maximum Gasteiger partial charge on any atom is 0.255 e. The molecular formula is C17H21NO3. The van der Waals surface area contributed by atoms with Gasteiger partial charge in [-0.15, -0.1) is 0 Å². The molecule has 4 nitrogen and oxygen atoms in total. The van der Waals surface area contributed by atoms with Gasteiger partial charge < -0.3 is 14.7 Å². The number of morpholine rings is 1. The van der Waals surface area contributed by atoms with E-state index in [1.807, 2.05) is 24.0 Å². The lowest BCUT2D eigenvalue weighted by atomic mass is 10.0. The minimum absolute atomic E-state index is 0.0140. The van der Waals surface area contributed by atoms with Crippen LogP contribution in [0.5, 0.6) is 0 Å². The van der Waals surface area contributed by atoms with Gasteiger partial charge in [-0.2, -0.15) is 0 Å². The molecule has 1 N–H and O–H groups in total. The quantitative estimate of drug-likeness (QED) is 0.842. The van der Waals surface area contributed by atoms with E-state index in [4.69, 9.17) is 9.84 Å². The van der Waals surface area contributed by atoms with Crippen LogP contribution in [0.3, 0.4) is 0 Å². The number of hydrogen-bond acceptors (Lipinski definition) is 3. The highest BCUT2D eigenvalue weighted by Gasteiger charge is 2.30. The molecule has 1 saturated heterocycles. The summed E-state index contributed by atoms with van der Waals surface area (Å²) in [5.74, 6) is 5.44. The number of aliphatic hydroxyl groups is 1. The van der Waals surface area contributed by atoms with Crippen molar-refractivity contribution in [2.75, 3.05) is 19.8 Å². The van der Waals surface area contributed by atoms with Crippen molar-refractivity contribution >= 4 is 5.91 Å². The largest absolute Gasteiger partial charge is 0.384 e. The lowest BCUT2D eigenvalue weighted by Gasteiger charge is -2.38. The van der Waals surface area contributed by atoms with Crippen LogP contribution in [0, 0.1) is 11.8 Å². The molecule has 112 valence electrons. The molecule has 21 heavy (non-hydrogen) atoms. The molecule has 0 bridgehead atoms. The van der Waals surface area contributed by atoms with E-state index < -0.39 is 0 Å². The Bertz CT molecular complexity index is 559. The molecule has 0 spiro atoms. The van der Waals surface area contributed by atoms with Crippen LogP contribution in [0.15, 0.2) is 24.3 Å². The number of ether oxygens (including phenoxy) is 1. The van der Waals surface area contributed by atoms with Crippen molar-refractivity contribution < 1.29 is 14.6 Å². The molecule has 1 aliphatic rings. The van der Waals surface area contributed by atoms with Crippen LogP contribution in [0.4, 0.5) is 0 Å². The summed E-state index contributed by atoms with van der Waals surface area (Å²) in [5, 5.41) is 8.84. The third-order valence-corrected chi connectivity index (χ3v) is 3.66. The summed E-state index contributed by atoms with van der Waals surface area (Å²) in [6.07, 6.45) is 0.913. The Morgan fingerprint density at radius 2 is 2.24 bits per heavy atom. The van der Waals surface area contributed by atoms with E-state index in [2.05, 4.69) is 18.8 Å². The second kappa shape index (κ2) is 7.26. The van der Waals surface area contributed by atoms with E-state index in [-0.39, 0.29) is 24.7 Å². The molecule has 1 aromatic rings. The van der Waals surface area contributed by atoms with Crippen LogP contribution in [-0.4, -0.2) is 47.8 Å². The Balaban J connectivity index is 2.30. The number of carbonyl (C=O) groups excluding carboxylic acids is 1. The monoisotopic (exact) mass is 287 g/mol. The third-order valence-electron chi connectivity index (χ3n) is 3.66. The van der Waals surface area contributed by atoms with Gasteiger partial charge >= 0.3 is 0 Å². The Morgan fingerprint density at radius 3 is 2.95 bits per heavy atom. The molecule has 2 unspecified atom stereocenters. The van der Waals surface area contributed by atoms with E-state index in [1.165, 1.54) is 0 Å². The van der Waals surface area contributed by atoms with E-state index in [1.54, 1.807) is 12.1 Å². The minimum atomic E-state index is -0.214. The highest BCUT2D eigenvalue weighted by Crippen LogP contribution is 2.19. The van der Waals surface area contributed by atoms with Gasteiger partial charge in [0.25, 0.3) is 5.91 Å². The van der Waals surface area contributed by atoms with Gasteiger partial charge in [-0.3, -0.25) is 4.79 Å². The number of nitrogens with zero attached hydrogens (tertiary/aromatic N) is 1. The third kappa shape index (κ3) is 3.63. The lowest BCUT2D eigenvalue weighted by Crippen LogP contribution is -2.51. The molecule has 0 saturated carbocycles. The summed E-state index contributed by atoms with van der Waals surface area (Å²) in [6, 6.07) is 7.38. The van der Waals surface area contributed by atoms with E-state index in [9.17, 15) is 4.79 Å². The number of benzene rings is 1. The maximum atomic E-state index is 12.8. The van der Waals surface area contributed by atoms with Crippen molar-refractivity contribution in [2.24, 2.45) is 0 Å². The van der Waals surface area contributed by atoms with Crippen LogP contribution in [0.1, 0.15) is 36.2 Å². The molecule has 2 atom stereocenters. The maximum absolute atomic E-state index is 12.8. The van der Waals surface area contributed by atoms with Crippen molar-refractivity contribution in [3.63, 3.8) is 0 Å². The van der Waals surface area contributed by atoms with E-state index in [0.29, 0.717) is 24.3 Å². The number of hydrogen-bond donors (Lipinski definition) is 1. The van der Waals surface area contributed by atoms with Gasteiger partial charge in [0, 0.05) is 12.1 Å². The number of amides is 1. The first-order valence-electron chi connectivity index (χ1n) is 7.28. The first-order valence-corrected chi connectivity index (χ1v) is 7.28. The molecule has 1 aromatic carbocycles. The van der Waals surface area contributed by atoms with E-state index >= 15 is 0 Å². The van der Waals surface area contributed by atoms with Crippen LogP contribution in [-0.2, 0) is 4.74 Å². The molecule has 0 aromatic heterocycles. The fourth-order valence-corrected chi connectivity index (χ4v) is 2.50. The fraction of sp³-hybridized carbons (Fsp3) is 0.471. The van der Waals surface area contributed by atoms with Crippen LogP contribution in [0.25, 0.3) is 0 Å². The zero-order valence-corrected chi connectivity index (χ0v) is 12.5. The molecule has 1 amide bonds. The average Bonchev–Trinajstić information content (AvgIpc) is 2.52. The average molecular weight is 287 g/mol. The van der Waals surface area contributed by atoms with Crippen LogP contribution in [0.2, 0.25) is 0 Å². The molecule has 1 heterocycles. The summed E-state index contributed by atoms with van der Waals surface area (Å²) < 4.78 is 5.64. The molecule has 4 heteroatoms. The Labute approximate surface area is 125 Å². The highest BCUT2D eigenvalue weighted by atomic mass is 16.5. The molecule has 2 rings (SSSR count). The zero-order valence-electron chi connectivity index (χ0n) is 12.5. The topological polar surface area (TPSA) is 49.8 Å². The summed E-state index contributed by atoms with van der Waals surface area (Å²) >= 11 is 0. The first kappa shape index (κ1) is 15.6. The second-order valence-electron chi connectivity index (χ2n) is 5.17. The second-order valence-corrected chi connectivity index (χ2v) is 5.17. The molecule has 0 radical (unpaired) electrons. The standard InChI is InChI=1S/C17H21NO3/c1-3-15-12-21-13(2)11-18(15)17(20)16-9-5-4-7-14(16)8-6-10-19/h4-5,7,9,13,15,19H,3,10-12H2,1-2H3. The number of rotatable bonds is 2. The fourth-order valence-electron chi connectivity index (χ4n) is 2.50.